The lowest BCUT2D eigenvalue weighted by Crippen LogP contribution is -2.24. The van der Waals surface area contributed by atoms with E-state index in [-0.39, 0.29) is 18.2 Å². The molecular formula is C19H17F2N3O3S. The number of aromatic nitrogens is 2. The van der Waals surface area contributed by atoms with Crippen LogP contribution in [0, 0.1) is 6.92 Å². The fourth-order valence-corrected chi connectivity index (χ4v) is 3.31. The van der Waals surface area contributed by atoms with Crippen molar-refractivity contribution in [1.29, 1.82) is 0 Å². The maximum atomic E-state index is 12.6. The van der Waals surface area contributed by atoms with Gasteiger partial charge in [-0.1, -0.05) is 35.1 Å². The molecule has 1 N–H and O–H groups in total. The summed E-state index contributed by atoms with van der Waals surface area (Å²) in [7, 11) is 0. The summed E-state index contributed by atoms with van der Waals surface area (Å²) in [4.78, 5) is 16.9. The number of nitrogens with one attached hydrogen (secondary N) is 1. The fourth-order valence-electron chi connectivity index (χ4n) is 2.44. The number of thioether (sulfide) groups is 1. The Morgan fingerprint density at radius 1 is 1.29 bits per heavy atom. The predicted molar refractivity (Wildman–Crippen MR) is 99.3 cm³/mol. The van der Waals surface area contributed by atoms with Gasteiger partial charge in [-0.3, -0.25) is 4.79 Å². The molecule has 6 nitrogen and oxygen atoms in total. The van der Waals surface area contributed by atoms with Gasteiger partial charge in [0.2, 0.25) is 0 Å². The smallest absolute Gasteiger partial charge is 0.387 e. The average Bonchev–Trinajstić information content (AvgIpc) is 3.10. The van der Waals surface area contributed by atoms with Gasteiger partial charge in [-0.05, 0) is 25.1 Å². The average molecular weight is 405 g/mol. The van der Waals surface area contributed by atoms with Crippen molar-refractivity contribution in [2.24, 2.45) is 0 Å². The quantitative estimate of drug-likeness (QED) is 0.566. The first-order valence-corrected chi connectivity index (χ1v) is 9.32. The largest absolute Gasteiger partial charge is 0.434 e. The second-order valence-electron chi connectivity index (χ2n) is 5.74. The van der Waals surface area contributed by atoms with Crippen molar-refractivity contribution in [2.45, 2.75) is 30.9 Å². The van der Waals surface area contributed by atoms with Gasteiger partial charge in [0, 0.05) is 30.1 Å². The zero-order chi connectivity index (χ0) is 19.9. The molecule has 3 aromatic rings. The number of hydrogen-bond acceptors (Lipinski definition) is 6. The maximum absolute atomic E-state index is 12.6. The third-order valence-electron chi connectivity index (χ3n) is 3.68. The highest BCUT2D eigenvalue weighted by Gasteiger charge is 2.15. The summed E-state index contributed by atoms with van der Waals surface area (Å²) < 4.78 is 34.5. The number of aryl methyl sites for hydroxylation is 1. The van der Waals surface area contributed by atoms with Gasteiger partial charge in [0.1, 0.15) is 16.5 Å². The number of para-hydroxylation sites is 1. The van der Waals surface area contributed by atoms with E-state index in [1.165, 1.54) is 17.8 Å². The third kappa shape index (κ3) is 5.29. The Morgan fingerprint density at radius 2 is 2.11 bits per heavy atom. The maximum Gasteiger partial charge on any atom is 0.387 e. The molecule has 0 bridgehead atoms. The minimum Gasteiger partial charge on any atom is -0.434 e. The summed E-state index contributed by atoms with van der Waals surface area (Å²) in [5.74, 6) is 0.873. The van der Waals surface area contributed by atoms with Crippen LogP contribution in [-0.2, 0) is 12.3 Å². The van der Waals surface area contributed by atoms with Crippen LogP contribution in [-0.4, -0.2) is 22.7 Å². The van der Waals surface area contributed by atoms with Crippen molar-refractivity contribution < 1.29 is 22.8 Å². The molecule has 0 saturated carbocycles. The summed E-state index contributed by atoms with van der Waals surface area (Å²) in [6.07, 6.45) is 1.60. The van der Waals surface area contributed by atoms with Crippen LogP contribution in [0.5, 0.6) is 5.75 Å². The molecule has 0 saturated heterocycles. The van der Waals surface area contributed by atoms with Crippen LogP contribution in [0.1, 0.15) is 27.4 Å². The number of halogens is 2. The Labute approximate surface area is 164 Å². The Morgan fingerprint density at radius 3 is 2.86 bits per heavy atom. The fraction of sp³-hybridized carbons (Fsp3) is 0.211. The molecule has 0 aliphatic heterocycles. The number of benzene rings is 1. The highest BCUT2D eigenvalue weighted by Crippen LogP contribution is 2.25. The lowest BCUT2D eigenvalue weighted by atomic mass is 10.2. The van der Waals surface area contributed by atoms with Gasteiger partial charge in [-0.2, -0.15) is 8.78 Å². The Hall–Kier alpha value is -2.94. The molecule has 0 unspecified atom stereocenters. The first-order chi connectivity index (χ1) is 13.5. The number of pyridine rings is 1. The van der Waals surface area contributed by atoms with Crippen LogP contribution < -0.4 is 10.1 Å². The van der Waals surface area contributed by atoms with Gasteiger partial charge >= 0.3 is 6.61 Å². The van der Waals surface area contributed by atoms with Crippen LogP contribution in [0.3, 0.4) is 0 Å². The van der Waals surface area contributed by atoms with E-state index < -0.39 is 6.61 Å². The normalized spacial score (nSPS) is 10.9. The lowest BCUT2D eigenvalue weighted by Gasteiger charge is -2.12. The van der Waals surface area contributed by atoms with Crippen molar-refractivity contribution in [2.75, 3.05) is 0 Å². The standard InChI is InChI=1S/C19H17F2N3O3S/c1-12-9-14(24-27-12)11-28-18-15(6-4-8-22-18)17(25)23-10-13-5-2-3-7-16(13)26-19(20)21/h2-9,19H,10-11H2,1H3,(H,23,25). The molecule has 0 atom stereocenters. The van der Waals surface area contributed by atoms with Crippen LogP contribution in [0.25, 0.3) is 0 Å². The molecule has 146 valence electrons. The molecule has 3 rings (SSSR count). The monoisotopic (exact) mass is 405 g/mol. The number of rotatable bonds is 8. The number of alkyl halides is 2. The number of hydrogen-bond donors (Lipinski definition) is 1. The van der Waals surface area contributed by atoms with Gasteiger partial charge in [0.05, 0.1) is 11.3 Å². The van der Waals surface area contributed by atoms with Gasteiger partial charge in [0.15, 0.2) is 0 Å². The molecule has 1 amide bonds. The minimum atomic E-state index is -2.93. The van der Waals surface area contributed by atoms with E-state index >= 15 is 0 Å². The number of ether oxygens (including phenoxy) is 1. The second-order valence-corrected chi connectivity index (χ2v) is 6.71. The molecule has 1 aromatic carbocycles. The molecule has 0 aliphatic rings. The van der Waals surface area contributed by atoms with Crippen molar-refractivity contribution >= 4 is 17.7 Å². The van der Waals surface area contributed by atoms with Crippen molar-refractivity contribution in [1.82, 2.24) is 15.5 Å². The molecule has 9 heteroatoms. The molecule has 28 heavy (non-hydrogen) atoms. The van der Waals surface area contributed by atoms with Crippen LogP contribution in [0.2, 0.25) is 0 Å². The summed E-state index contributed by atoms with van der Waals surface area (Å²) >= 11 is 1.36. The molecule has 0 aliphatic carbocycles. The molecule has 2 heterocycles. The lowest BCUT2D eigenvalue weighted by molar-refractivity contribution is -0.0504. The zero-order valence-corrected chi connectivity index (χ0v) is 15.7. The van der Waals surface area contributed by atoms with Gasteiger partial charge < -0.3 is 14.6 Å². The predicted octanol–water partition coefficient (Wildman–Crippen LogP) is 4.20. The van der Waals surface area contributed by atoms with Crippen LogP contribution in [0.4, 0.5) is 8.78 Å². The van der Waals surface area contributed by atoms with Crippen molar-refractivity contribution in [3.8, 4) is 5.75 Å². The summed E-state index contributed by atoms with van der Waals surface area (Å²) in [5.41, 5.74) is 1.59. The first kappa shape index (κ1) is 19.8. The number of amides is 1. The molecule has 0 fully saturated rings. The Kier molecular flexibility index (Phi) is 6.59. The SMILES string of the molecule is Cc1cc(CSc2ncccc2C(=O)NCc2ccccc2OC(F)F)no1. The van der Waals surface area contributed by atoms with Gasteiger partial charge in [-0.15, -0.1) is 0 Å². The third-order valence-corrected chi connectivity index (χ3v) is 4.72. The van der Waals surface area contributed by atoms with Crippen molar-refractivity contribution in [3.05, 3.63) is 71.2 Å². The number of carbonyl (C=O) groups excluding carboxylic acids is 1. The topological polar surface area (TPSA) is 77.2 Å². The van der Waals surface area contributed by atoms with Crippen LogP contribution in [0.15, 0.2) is 58.2 Å². The first-order valence-electron chi connectivity index (χ1n) is 8.34. The summed E-state index contributed by atoms with van der Waals surface area (Å²) in [5, 5.41) is 7.18. The van der Waals surface area contributed by atoms with E-state index in [1.54, 1.807) is 43.5 Å². The summed E-state index contributed by atoms with van der Waals surface area (Å²) in [6.45, 7) is -1.09. The Bertz CT molecular complexity index is 949. The van der Waals surface area contributed by atoms with Crippen LogP contribution >= 0.6 is 11.8 Å². The van der Waals surface area contributed by atoms with E-state index in [0.717, 1.165) is 5.69 Å². The minimum absolute atomic E-state index is 0.0278. The van der Waals surface area contributed by atoms with Gasteiger partial charge in [0.25, 0.3) is 5.91 Å². The second kappa shape index (κ2) is 9.32. The van der Waals surface area contributed by atoms with E-state index in [9.17, 15) is 13.6 Å². The Balaban J connectivity index is 1.66. The molecule has 0 radical (unpaired) electrons. The summed E-state index contributed by atoms with van der Waals surface area (Å²) in [6, 6.07) is 11.4. The number of nitrogens with zero attached hydrogens (tertiary/aromatic N) is 2. The molecule has 2 aromatic heterocycles. The highest BCUT2D eigenvalue weighted by atomic mass is 32.2. The highest BCUT2D eigenvalue weighted by molar-refractivity contribution is 7.98. The van der Waals surface area contributed by atoms with E-state index in [1.807, 2.05) is 6.07 Å². The number of carbonyl (C=O) groups is 1. The molecule has 0 spiro atoms. The van der Waals surface area contributed by atoms with E-state index in [2.05, 4.69) is 20.2 Å². The van der Waals surface area contributed by atoms with E-state index in [4.69, 9.17) is 4.52 Å². The van der Waals surface area contributed by atoms with Gasteiger partial charge in [-0.25, -0.2) is 4.98 Å². The molecular weight excluding hydrogens is 388 g/mol. The van der Waals surface area contributed by atoms with E-state index in [0.29, 0.717) is 27.7 Å². The zero-order valence-electron chi connectivity index (χ0n) is 14.9. The van der Waals surface area contributed by atoms with Crippen molar-refractivity contribution in [3.63, 3.8) is 0 Å².